The number of benzene rings is 1. The molecule has 0 amide bonds. The van der Waals surface area contributed by atoms with Gasteiger partial charge in [0.15, 0.2) is 6.10 Å². The number of hydrogen-bond donors (Lipinski definition) is 1. The molecule has 1 aromatic carbocycles. The topological polar surface area (TPSA) is 51.3 Å². The van der Waals surface area contributed by atoms with Gasteiger partial charge in [0, 0.05) is 24.7 Å². The molecule has 0 saturated carbocycles. The summed E-state index contributed by atoms with van der Waals surface area (Å²) in [6.07, 6.45) is 1.90. The van der Waals surface area contributed by atoms with E-state index in [1.54, 1.807) is 6.92 Å². The molecule has 1 atom stereocenters. The predicted octanol–water partition coefficient (Wildman–Crippen LogP) is 2.68. The number of esters is 1. The Hall–Kier alpha value is -1.81. The first-order valence-corrected chi connectivity index (χ1v) is 6.58. The highest BCUT2D eigenvalue weighted by Gasteiger charge is 2.20. The monoisotopic (exact) mass is 261 g/mol. The van der Waals surface area contributed by atoms with E-state index in [1.165, 1.54) is 0 Å². The van der Waals surface area contributed by atoms with Crippen LogP contribution < -0.4 is 0 Å². The second kappa shape index (κ2) is 6.38. The molecule has 0 bridgehead atoms. The molecular weight excluding hydrogens is 242 g/mol. The molecule has 1 aromatic heterocycles. The van der Waals surface area contributed by atoms with Crippen LogP contribution in [0.4, 0.5) is 0 Å². The number of H-pyrrole nitrogens is 1. The van der Waals surface area contributed by atoms with E-state index in [2.05, 4.69) is 4.98 Å². The minimum atomic E-state index is -0.530. The van der Waals surface area contributed by atoms with Crippen molar-refractivity contribution in [2.75, 3.05) is 13.2 Å². The average molecular weight is 261 g/mol. The zero-order valence-electron chi connectivity index (χ0n) is 11.3. The number of hydrogen-bond acceptors (Lipinski definition) is 3. The van der Waals surface area contributed by atoms with Crippen LogP contribution in [-0.2, 0) is 20.7 Å². The highest BCUT2D eigenvalue weighted by Crippen LogP contribution is 2.16. The lowest BCUT2D eigenvalue weighted by Crippen LogP contribution is -2.28. The molecule has 0 aliphatic carbocycles. The lowest BCUT2D eigenvalue weighted by atomic mass is 10.1. The summed E-state index contributed by atoms with van der Waals surface area (Å²) >= 11 is 0. The number of ether oxygens (including phenoxy) is 2. The molecular formula is C15H19NO3. The quantitative estimate of drug-likeness (QED) is 0.813. The van der Waals surface area contributed by atoms with Crippen molar-refractivity contribution in [2.45, 2.75) is 26.4 Å². The van der Waals surface area contributed by atoms with Crippen LogP contribution in [0.2, 0.25) is 0 Å². The summed E-state index contributed by atoms with van der Waals surface area (Å²) in [6.45, 7) is 4.54. The van der Waals surface area contributed by atoms with Crippen molar-refractivity contribution in [3.63, 3.8) is 0 Å². The fourth-order valence-electron chi connectivity index (χ4n) is 2.08. The van der Waals surface area contributed by atoms with E-state index >= 15 is 0 Å². The summed E-state index contributed by atoms with van der Waals surface area (Å²) in [5.74, 6) is -0.295. The van der Waals surface area contributed by atoms with Crippen molar-refractivity contribution in [3.8, 4) is 0 Å². The summed E-state index contributed by atoms with van der Waals surface area (Å²) in [5, 5.41) is 1.16. The van der Waals surface area contributed by atoms with Gasteiger partial charge in [-0.1, -0.05) is 12.1 Å². The smallest absolute Gasteiger partial charge is 0.335 e. The van der Waals surface area contributed by atoms with E-state index in [1.807, 2.05) is 37.4 Å². The molecule has 4 heteroatoms. The molecule has 102 valence electrons. The van der Waals surface area contributed by atoms with Gasteiger partial charge in [-0.2, -0.15) is 0 Å². The molecule has 0 saturated heterocycles. The molecule has 2 aromatic rings. The molecule has 0 radical (unpaired) electrons. The van der Waals surface area contributed by atoms with Gasteiger partial charge in [-0.15, -0.1) is 0 Å². The molecule has 19 heavy (non-hydrogen) atoms. The zero-order valence-corrected chi connectivity index (χ0v) is 11.3. The third-order valence-electron chi connectivity index (χ3n) is 2.96. The Kier molecular flexibility index (Phi) is 4.58. The van der Waals surface area contributed by atoms with Crippen LogP contribution in [0.5, 0.6) is 0 Å². The van der Waals surface area contributed by atoms with E-state index in [9.17, 15) is 4.79 Å². The highest BCUT2D eigenvalue weighted by atomic mass is 16.6. The largest absolute Gasteiger partial charge is 0.464 e. The van der Waals surface area contributed by atoms with Crippen LogP contribution >= 0.6 is 0 Å². The lowest BCUT2D eigenvalue weighted by molar-refractivity contribution is -0.156. The number of carbonyl (C=O) groups is 1. The van der Waals surface area contributed by atoms with Crippen molar-refractivity contribution in [1.29, 1.82) is 0 Å². The van der Waals surface area contributed by atoms with Crippen LogP contribution in [-0.4, -0.2) is 30.3 Å². The summed E-state index contributed by atoms with van der Waals surface area (Å²) < 4.78 is 10.5. The molecule has 1 heterocycles. The molecule has 1 N–H and O–H groups in total. The van der Waals surface area contributed by atoms with Crippen LogP contribution in [0.3, 0.4) is 0 Å². The van der Waals surface area contributed by atoms with Crippen LogP contribution in [0.15, 0.2) is 30.5 Å². The lowest BCUT2D eigenvalue weighted by Gasteiger charge is -2.15. The maximum absolute atomic E-state index is 11.8. The summed E-state index contributed by atoms with van der Waals surface area (Å²) in [7, 11) is 0. The number of carbonyl (C=O) groups excluding carboxylic acids is 1. The van der Waals surface area contributed by atoms with Gasteiger partial charge in [0.25, 0.3) is 0 Å². The fraction of sp³-hybridized carbons (Fsp3) is 0.400. The summed E-state index contributed by atoms with van der Waals surface area (Å²) in [5.41, 5.74) is 2.12. The van der Waals surface area contributed by atoms with Gasteiger partial charge in [0.05, 0.1) is 6.61 Å². The zero-order chi connectivity index (χ0) is 13.7. The SMILES string of the molecule is CCOC(=O)C(Cc1ccc2cc[nH]c2c1)OCC. The third-order valence-corrected chi connectivity index (χ3v) is 2.96. The van der Waals surface area contributed by atoms with Gasteiger partial charge in [-0.3, -0.25) is 0 Å². The number of aromatic nitrogens is 1. The Morgan fingerprint density at radius 1 is 1.26 bits per heavy atom. The summed E-state index contributed by atoms with van der Waals surface area (Å²) in [6, 6.07) is 8.11. The van der Waals surface area contributed by atoms with Crippen molar-refractivity contribution < 1.29 is 14.3 Å². The fourth-order valence-corrected chi connectivity index (χ4v) is 2.08. The van der Waals surface area contributed by atoms with Gasteiger partial charge in [0.2, 0.25) is 0 Å². The normalized spacial score (nSPS) is 12.5. The maximum Gasteiger partial charge on any atom is 0.335 e. The third kappa shape index (κ3) is 3.35. The second-order valence-corrected chi connectivity index (χ2v) is 4.30. The van der Waals surface area contributed by atoms with Gasteiger partial charge in [-0.05, 0) is 36.9 Å². The highest BCUT2D eigenvalue weighted by molar-refractivity contribution is 5.80. The van der Waals surface area contributed by atoms with E-state index < -0.39 is 6.10 Å². The van der Waals surface area contributed by atoms with E-state index in [4.69, 9.17) is 9.47 Å². The van der Waals surface area contributed by atoms with Crippen molar-refractivity contribution in [3.05, 3.63) is 36.0 Å². The van der Waals surface area contributed by atoms with Crippen molar-refractivity contribution in [1.82, 2.24) is 4.98 Å². The molecule has 0 aliphatic rings. The van der Waals surface area contributed by atoms with Crippen LogP contribution in [0, 0.1) is 0 Å². The van der Waals surface area contributed by atoms with Crippen molar-refractivity contribution >= 4 is 16.9 Å². The molecule has 4 nitrogen and oxygen atoms in total. The predicted molar refractivity (Wildman–Crippen MR) is 74.0 cm³/mol. The molecule has 0 fully saturated rings. The number of fused-ring (bicyclic) bond motifs is 1. The minimum Gasteiger partial charge on any atom is -0.464 e. The maximum atomic E-state index is 11.8. The Morgan fingerprint density at radius 3 is 2.84 bits per heavy atom. The molecule has 1 unspecified atom stereocenters. The van der Waals surface area contributed by atoms with E-state index in [-0.39, 0.29) is 5.97 Å². The van der Waals surface area contributed by atoms with Gasteiger partial charge in [-0.25, -0.2) is 4.79 Å². The average Bonchev–Trinajstić information content (AvgIpc) is 2.86. The van der Waals surface area contributed by atoms with E-state index in [0.29, 0.717) is 19.6 Å². The van der Waals surface area contributed by atoms with Crippen LogP contribution in [0.1, 0.15) is 19.4 Å². The Labute approximate surface area is 112 Å². The van der Waals surface area contributed by atoms with Crippen molar-refractivity contribution in [2.24, 2.45) is 0 Å². The number of aromatic amines is 1. The number of rotatable bonds is 6. The van der Waals surface area contributed by atoms with Gasteiger partial charge < -0.3 is 14.5 Å². The Morgan fingerprint density at radius 2 is 2.11 bits per heavy atom. The van der Waals surface area contributed by atoms with Gasteiger partial charge in [0.1, 0.15) is 0 Å². The molecule has 0 spiro atoms. The Bertz CT molecular complexity index is 547. The number of nitrogens with one attached hydrogen (secondary N) is 1. The first kappa shape index (κ1) is 13.6. The minimum absolute atomic E-state index is 0.295. The first-order valence-electron chi connectivity index (χ1n) is 6.58. The second-order valence-electron chi connectivity index (χ2n) is 4.30. The first-order chi connectivity index (χ1) is 9.24. The van der Waals surface area contributed by atoms with Crippen LogP contribution in [0.25, 0.3) is 10.9 Å². The molecule has 2 rings (SSSR count). The van der Waals surface area contributed by atoms with Gasteiger partial charge >= 0.3 is 5.97 Å². The summed E-state index contributed by atoms with van der Waals surface area (Å²) in [4.78, 5) is 15.0. The Balaban J connectivity index is 2.12. The van der Waals surface area contributed by atoms with E-state index in [0.717, 1.165) is 16.5 Å². The standard InChI is InChI=1S/C15H19NO3/c1-3-18-14(15(17)19-4-2)10-11-5-6-12-7-8-16-13(12)9-11/h5-9,14,16H,3-4,10H2,1-2H3. The molecule has 0 aliphatic heterocycles.